The zero-order valence-electron chi connectivity index (χ0n) is 10.0. The molecular weight excluding hydrogens is 252 g/mol. The van der Waals surface area contributed by atoms with E-state index < -0.39 is 0 Å². The summed E-state index contributed by atoms with van der Waals surface area (Å²) in [6, 6.07) is 0. The Kier molecular flexibility index (Phi) is 14.4. The van der Waals surface area contributed by atoms with Gasteiger partial charge >= 0.3 is 0 Å². The first-order valence-corrected chi connectivity index (χ1v) is 7.29. The fraction of sp³-hybridized carbons (Fsp3) is 0.846. The van der Waals surface area contributed by atoms with Crippen molar-refractivity contribution in [2.75, 3.05) is 18.5 Å². The Bertz CT molecular complexity index is 134. The molecule has 0 aliphatic carbocycles. The number of halogens is 1. The van der Waals surface area contributed by atoms with Crippen LogP contribution >= 0.6 is 15.9 Å². The minimum Gasteiger partial charge on any atom is -0.377 e. The van der Waals surface area contributed by atoms with Crippen LogP contribution in [0.3, 0.4) is 0 Å². The van der Waals surface area contributed by atoms with Crippen molar-refractivity contribution in [3.63, 3.8) is 0 Å². The molecule has 0 aromatic carbocycles. The van der Waals surface area contributed by atoms with Crippen molar-refractivity contribution in [1.82, 2.24) is 0 Å². The van der Waals surface area contributed by atoms with E-state index in [-0.39, 0.29) is 0 Å². The van der Waals surface area contributed by atoms with Gasteiger partial charge < -0.3 is 4.74 Å². The molecule has 0 heterocycles. The van der Waals surface area contributed by atoms with Gasteiger partial charge in [-0.1, -0.05) is 60.2 Å². The second-order valence-electron chi connectivity index (χ2n) is 3.81. The Hall–Kier alpha value is 0.180. The molecule has 0 aliphatic heterocycles. The molecule has 15 heavy (non-hydrogen) atoms. The Morgan fingerprint density at radius 3 is 2.13 bits per heavy atom. The molecule has 0 unspecified atom stereocenters. The second kappa shape index (κ2) is 14.2. The highest BCUT2D eigenvalue weighted by molar-refractivity contribution is 9.09. The SMILES string of the molecule is C/C=C/COCCCCCCCCCBr. The standard InChI is InChI=1S/C13H25BrO/c1-2-3-12-15-13-10-8-6-4-5-7-9-11-14/h2-3H,4-13H2,1H3/b3-2+. The van der Waals surface area contributed by atoms with Crippen LogP contribution in [0.2, 0.25) is 0 Å². The molecule has 0 radical (unpaired) electrons. The highest BCUT2D eigenvalue weighted by Crippen LogP contribution is 2.07. The number of alkyl halides is 1. The van der Waals surface area contributed by atoms with E-state index in [1.807, 2.05) is 13.0 Å². The van der Waals surface area contributed by atoms with Gasteiger partial charge in [-0.15, -0.1) is 0 Å². The maximum Gasteiger partial charge on any atom is 0.0647 e. The molecule has 0 N–H and O–H groups in total. The van der Waals surface area contributed by atoms with Crippen LogP contribution in [0.5, 0.6) is 0 Å². The average Bonchev–Trinajstić information content (AvgIpc) is 2.26. The molecule has 0 saturated carbocycles. The lowest BCUT2D eigenvalue weighted by molar-refractivity contribution is 0.157. The molecule has 0 aliphatic rings. The number of unbranched alkanes of at least 4 members (excludes halogenated alkanes) is 6. The van der Waals surface area contributed by atoms with E-state index >= 15 is 0 Å². The van der Waals surface area contributed by atoms with Crippen molar-refractivity contribution in [2.24, 2.45) is 0 Å². The average molecular weight is 277 g/mol. The first-order valence-electron chi connectivity index (χ1n) is 6.16. The minimum absolute atomic E-state index is 0.780. The summed E-state index contributed by atoms with van der Waals surface area (Å²) in [6.07, 6.45) is 13.5. The Morgan fingerprint density at radius 1 is 0.933 bits per heavy atom. The molecule has 0 saturated heterocycles. The van der Waals surface area contributed by atoms with Gasteiger partial charge in [0.25, 0.3) is 0 Å². The van der Waals surface area contributed by atoms with Crippen LogP contribution in [-0.4, -0.2) is 18.5 Å². The highest BCUT2D eigenvalue weighted by atomic mass is 79.9. The van der Waals surface area contributed by atoms with Crippen molar-refractivity contribution >= 4 is 15.9 Å². The lowest BCUT2D eigenvalue weighted by atomic mass is 10.1. The second-order valence-corrected chi connectivity index (χ2v) is 4.60. The Balaban J connectivity index is 2.86. The lowest BCUT2D eigenvalue weighted by Gasteiger charge is -2.02. The molecule has 90 valence electrons. The predicted molar refractivity (Wildman–Crippen MR) is 71.7 cm³/mol. The topological polar surface area (TPSA) is 9.23 Å². The molecule has 0 fully saturated rings. The van der Waals surface area contributed by atoms with Gasteiger partial charge in [0.2, 0.25) is 0 Å². The number of allylic oxidation sites excluding steroid dienone is 1. The van der Waals surface area contributed by atoms with Crippen LogP contribution in [0.4, 0.5) is 0 Å². The fourth-order valence-corrected chi connectivity index (χ4v) is 1.83. The quantitative estimate of drug-likeness (QED) is 0.302. The molecular formula is C13H25BrO. The molecule has 0 rings (SSSR count). The van der Waals surface area contributed by atoms with Crippen molar-refractivity contribution < 1.29 is 4.74 Å². The van der Waals surface area contributed by atoms with Crippen LogP contribution in [0.1, 0.15) is 51.9 Å². The summed E-state index contributed by atoms with van der Waals surface area (Å²) >= 11 is 3.45. The summed E-state index contributed by atoms with van der Waals surface area (Å²) in [5, 5.41) is 1.16. The Morgan fingerprint density at radius 2 is 1.53 bits per heavy atom. The first-order chi connectivity index (χ1) is 7.41. The number of hydrogen-bond acceptors (Lipinski definition) is 1. The molecule has 0 spiro atoms. The van der Waals surface area contributed by atoms with Gasteiger partial charge in [0.15, 0.2) is 0 Å². The van der Waals surface area contributed by atoms with E-state index in [0.717, 1.165) is 18.5 Å². The van der Waals surface area contributed by atoms with E-state index in [4.69, 9.17) is 4.74 Å². The molecule has 0 aromatic heterocycles. The zero-order chi connectivity index (χ0) is 11.2. The normalized spacial score (nSPS) is 11.3. The van der Waals surface area contributed by atoms with Crippen molar-refractivity contribution in [2.45, 2.75) is 51.9 Å². The first kappa shape index (κ1) is 15.2. The van der Waals surface area contributed by atoms with Crippen molar-refractivity contribution in [3.05, 3.63) is 12.2 Å². The summed E-state index contributed by atoms with van der Waals surface area (Å²) in [6.45, 7) is 3.73. The van der Waals surface area contributed by atoms with Gasteiger partial charge in [0, 0.05) is 11.9 Å². The van der Waals surface area contributed by atoms with Gasteiger partial charge in [-0.2, -0.15) is 0 Å². The number of hydrogen-bond donors (Lipinski definition) is 0. The summed E-state index contributed by atoms with van der Waals surface area (Å²) in [7, 11) is 0. The lowest BCUT2D eigenvalue weighted by Crippen LogP contribution is -1.94. The van der Waals surface area contributed by atoms with E-state index in [2.05, 4.69) is 22.0 Å². The van der Waals surface area contributed by atoms with Crippen LogP contribution in [0.15, 0.2) is 12.2 Å². The number of rotatable bonds is 11. The van der Waals surface area contributed by atoms with E-state index in [9.17, 15) is 0 Å². The Labute approximate surface area is 103 Å². The molecule has 0 atom stereocenters. The smallest absolute Gasteiger partial charge is 0.0647 e. The molecule has 0 amide bonds. The van der Waals surface area contributed by atoms with Crippen molar-refractivity contribution in [3.8, 4) is 0 Å². The molecule has 0 bridgehead atoms. The molecule has 0 aromatic rings. The summed E-state index contributed by atoms with van der Waals surface area (Å²) in [5.74, 6) is 0. The fourth-order valence-electron chi connectivity index (χ4n) is 1.43. The maximum absolute atomic E-state index is 5.43. The number of ether oxygens (including phenoxy) is 1. The van der Waals surface area contributed by atoms with Crippen LogP contribution < -0.4 is 0 Å². The van der Waals surface area contributed by atoms with Gasteiger partial charge in [0.1, 0.15) is 0 Å². The van der Waals surface area contributed by atoms with E-state index in [1.54, 1.807) is 0 Å². The zero-order valence-corrected chi connectivity index (χ0v) is 11.6. The predicted octanol–water partition coefficient (Wildman–Crippen LogP) is 4.70. The summed E-state index contributed by atoms with van der Waals surface area (Å²) in [4.78, 5) is 0. The van der Waals surface area contributed by atoms with Gasteiger partial charge in [-0.3, -0.25) is 0 Å². The van der Waals surface area contributed by atoms with Gasteiger partial charge in [-0.05, 0) is 19.8 Å². The minimum atomic E-state index is 0.780. The monoisotopic (exact) mass is 276 g/mol. The summed E-state index contributed by atoms with van der Waals surface area (Å²) in [5.41, 5.74) is 0. The van der Waals surface area contributed by atoms with Crippen LogP contribution in [0.25, 0.3) is 0 Å². The van der Waals surface area contributed by atoms with Gasteiger partial charge in [0.05, 0.1) is 6.61 Å². The van der Waals surface area contributed by atoms with Gasteiger partial charge in [-0.25, -0.2) is 0 Å². The third kappa shape index (κ3) is 14.2. The third-order valence-corrected chi connectivity index (χ3v) is 2.93. The largest absolute Gasteiger partial charge is 0.377 e. The van der Waals surface area contributed by atoms with Crippen LogP contribution in [-0.2, 0) is 4.74 Å². The summed E-state index contributed by atoms with van der Waals surface area (Å²) < 4.78 is 5.43. The van der Waals surface area contributed by atoms with E-state index in [1.165, 1.54) is 44.9 Å². The maximum atomic E-state index is 5.43. The van der Waals surface area contributed by atoms with Crippen molar-refractivity contribution in [1.29, 1.82) is 0 Å². The van der Waals surface area contributed by atoms with Crippen LogP contribution in [0, 0.1) is 0 Å². The third-order valence-electron chi connectivity index (χ3n) is 2.37. The highest BCUT2D eigenvalue weighted by Gasteiger charge is 1.91. The molecule has 2 heteroatoms. The van der Waals surface area contributed by atoms with E-state index in [0.29, 0.717) is 0 Å². The molecule has 1 nitrogen and oxygen atoms in total.